The average molecular weight is 373 g/mol. The highest BCUT2D eigenvalue weighted by atomic mass is 16.1. The molecule has 3 aromatic rings. The molecule has 143 valence electrons. The van der Waals surface area contributed by atoms with Crippen LogP contribution in [0.5, 0.6) is 0 Å². The number of aromatic nitrogens is 2. The van der Waals surface area contributed by atoms with Gasteiger partial charge in [0.25, 0.3) is 0 Å². The fraction of sp³-hybridized carbons (Fsp3) is 0.217. The van der Waals surface area contributed by atoms with Gasteiger partial charge in [-0.25, -0.2) is 9.97 Å². The van der Waals surface area contributed by atoms with E-state index in [4.69, 9.17) is 0 Å². The summed E-state index contributed by atoms with van der Waals surface area (Å²) in [5, 5.41) is 6.12. The molecule has 0 unspecified atom stereocenters. The van der Waals surface area contributed by atoms with Crippen molar-refractivity contribution in [3.05, 3.63) is 85.5 Å². The lowest BCUT2D eigenvalue weighted by Gasteiger charge is -2.13. The van der Waals surface area contributed by atoms with E-state index in [-0.39, 0.29) is 5.91 Å². The normalized spacial score (nSPS) is 11.6. The number of benzene rings is 2. The zero-order chi connectivity index (χ0) is 19.6. The Labute approximate surface area is 166 Å². The predicted molar refractivity (Wildman–Crippen MR) is 113 cm³/mol. The Morgan fingerprint density at radius 2 is 1.50 bits per heavy atom. The van der Waals surface area contributed by atoms with Crippen molar-refractivity contribution in [1.29, 1.82) is 0 Å². The number of carbonyl (C=O) groups is 1. The van der Waals surface area contributed by atoms with Crippen LogP contribution in [0.1, 0.15) is 24.3 Å². The Morgan fingerprint density at radius 3 is 2.21 bits per heavy atom. The number of carbonyl (C=O) groups excluding carboxylic acids is 1. The van der Waals surface area contributed by atoms with Crippen LogP contribution in [0.2, 0.25) is 0 Å². The minimum atomic E-state index is -0.416. The predicted octanol–water partition coefficient (Wildman–Crippen LogP) is 4.07. The molecule has 0 spiro atoms. The molecule has 2 N–H and O–H groups in total. The average Bonchev–Trinajstić information content (AvgIpc) is 2.77. The number of nitrogens with zero attached hydrogens (tertiary/aromatic N) is 2. The molecule has 0 aliphatic carbocycles. The van der Waals surface area contributed by atoms with Crippen molar-refractivity contribution in [3.8, 4) is 11.1 Å². The van der Waals surface area contributed by atoms with Crippen LogP contribution < -0.4 is 10.6 Å². The first-order chi connectivity index (χ1) is 13.7. The first-order valence-electron chi connectivity index (χ1n) is 9.51. The standard InChI is InChI=1S/C23H25N4O/c1-18(19-10-12-21(13-11-19)20-8-3-2-4-9-20)22(28)24-14-5-6-15-25-23-26-16-7-17-27-23/h2-4,7-13,16-18H,1,5-6,14-15H2,(H,24,28)(H,25,26,27)/t18-/m0/s1. The fourth-order valence-electron chi connectivity index (χ4n) is 2.87. The van der Waals surface area contributed by atoms with Crippen molar-refractivity contribution in [3.63, 3.8) is 0 Å². The number of nitrogens with one attached hydrogen (secondary N) is 2. The lowest BCUT2D eigenvalue weighted by molar-refractivity contribution is -0.121. The molecular formula is C23H25N4O. The highest BCUT2D eigenvalue weighted by Gasteiger charge is 2.14. The highest BCUT2D eigenvalue weighted by Crippen LogP contribution is 2.22. The van der Waals surface area contributed by atoms with Gasteiger partial charge in [-0.3, -0.25) is 4.79 Å². The summed E-state index contributed by atoms with van der Waals surface area (Å²) in [5.41, 5.74) is 3.21. The van der Waals surface area contributed by atoms with Gasteiger partial charge in [0.05, 0.1) is 5.92 Å². The second kappa shape index (κ2) is 10.2. The van der Waals surface area contributed by atoms with E-state index in [0.717, 1.165) is 36.1 Å². The molecule has 5 heteroatoms. The largest absolute Gasteiger partial charge is 0.356 e. The molecular weight excluding hydrogens is 348 g/mol. The summed E-state index contributed by atoms with van der Waals surface area (Å²) in [7, 11) is 0. The molecule has 0 aliphatic rings. The molecule has 1 amide bonds. The molecule has 1 heterocycles. The van der Waals surface area contributed by atoms with Crippen molar-refractivity contribution in [2.75, 3.05) is 18.4 Å². The zero-order valence-corrected chi connectivity index (χ0v) is 15.8. The maximum absolute atomic E-state index is 12.3. The number of hydrogen-bond donors (Lipinski definition) is 2. The third-order valence-corrected chi connectivity index (χ3v) is 4.49. The summed E-state index contributed by atoms with van der Waals surface area (Å²) in [6.07, 6.45) is 5.21. The van der Waals surface area contributed by atoms with Gasteiger partial charge in [0, 0.05) is 25.5 Å². The van der Waals surface area contributed by atoms with Gasteiger partial charge >= 0.3 is 0 Å². The third kappa shape index (κ3) is 5.64. The fourth-order valence-corrected chi connectivity index (χ4v) is 2.87. The van der Waals surface area contributed by atoms with Gasteiger partial charge in [0.1, 0.15) is 0 Å². The zero-order valence-electron chi connectivity index (χ0n) is 15.8. The first-order valence-corrected chi connectivity index (χ1v) is 9.51. The second-order valence-corrected chi connectivity index (χ2v) is 6.54. The number of hydrogen-bond acceptors (Lipinski definition) is 4. The van der Waals surface area contributed by atoms with Crippen molar-refractivity contribution in [1.82, 2.24) is 15.3 Å². The number of unbranched alkanes of at least 4 members (excludes halogenated alkanes) is 1. The van der Waals surface area contributed by atoms with Crippen LogP contribution in [0, 0.1) is 6.92 Å². The van der Waals surface area contributed by atoms with Crippen LogP contribution in [-0.2, 0) is 4.79 Å². The van der Waals surface area contributed by atoms with Gasteiger partial charge in [-0.15, -0.1) is 0 Å². The van der Waals surface area contributed by atoms with E-state index in [1.54, 1.807) is 18.5 Å². The van der Waals surface area contributed by atoms with Gasteiger partial charge in [-0.05, 0) is 42.5 Å². The van der Waals surface area contributed by atoms with Gasteiger partial charge in [0.15, 0.2) is 0 Å². The second-order valence-electron chi connectivity index (χ2n) is 6.54. The molecule has 1 radical (unpaired) electrons. The van der Waals surface area contributed by atoms with Crippen LogP contribution in [0.15, 0.2) is 73.1 Å². The SMILES string of the molecule is [CH2][C@H](C(=O)NCCCCNc1ncccn1)c1ccc(-c2ccccc2)cc1. The van der Waals surface area contributed by atoms with Gasteiger partial charge in [0.2, 0.25) is 11.9 Å². The van der Waals surface area contributed by atoms with Gasteiger partial charge in [-0.2, -0.15) is 0 Å². The molecule has 3 rings (SSSR count). The van der Waals surface area contributed by atoms with Gasteiger partial charge < -0.3 is 10.6 Å². The number of anilines is 1. The maximum Gasteiger partial charge on any atom is 0.227 e. The molecule has 0 saturated carbocycles. The number of amides is 1. The highest BCUT2D eigenvalue weighted by molar-refractivity contribution is 5.84. The lowest BCUT2D eigenvalue weighted by Crippen LogP contribution is -2.29. The van der Waals surface area contributed by atoms with E-state index in [1.807, 2.05) is 42.5 Å². The van der Waals surface area contributed by atoms with E-state index in [1.165, 1.54) is 0 Å². The van der Waals surface area contributed by atoms with Crippen molar-refractivity contribution in [2.45, 2.75) is 18.8 Å². The summed E-state index contributed by atoms with van der Waals surface area (Å²) in [6, 6.07) is 20.0. The number of rotatable bonds is 9. The van der Waals surface area contributed by atoms with E-state index in [9.17, 15) is 4.79 Å². The lowest BCUT2D eigenvalue weighted by atomic mass is 9.97. The Balaban J connectivity index is 1.39. The Bertz CT molecular complexity index is 851. The summed E-state index contributed by atoms with van der Waals surface area (Å²) < 4.78 is 0. The van der Waals surface area contributed by atoms with Crippen molar-refractivity contribution >= 4 is 11.9 Å². The summed E-state index contributed by atoms with van der Waals surface area (Å²) >= 11 is 0. The van der Waals surface area contributed by atoms with Crippen LogP contribution in [0.25, 0.3) is 11.1 Å². The minimum absolute atomic E-state index is 0.0492. The molecule has 28 heavy (non-hydrogen) atoms. The van der Waals surface area contributed by atoms with E-state index < -0.39 is 5.92 Å². The van der Waals surface area contributed by atoms with E-state index in [0.29, 0.717) is 12.5 Å². The Kier molecular flexibility index (Phi) is 7.13. The summed E-state index contributed by atoms with van der Waals surface area (Å²) in [4.78, 5) is 20.6. The molecule has 5 nitrogen and oxygen atoms in total. The monoisotopic (exact) mass is 373 g/mol. The smallest absolute Gasteiger partial charge is 0.227 e. The molecule has 0 bridgehead atoms. The van der Waals surface area contributed by atoms with Crippen LogP contribution in [0.3, 0.4) is 0 Å². The van der Waals surface area contributed by atoms with Crippen LogP contribution in [-0.4, -0.2) is 29.0 Å². The topological polar surface area (TPSA) is 66.9 Å². The van der Waals surface area contributed by atoms with E-state index >= 15 is 0 Å². The molecule has 2 aromatic carbocycles. The minimum Gasteiger partial charge on any atom is -0.356 e. The van der Waals surface area contributed by atoms with Gasteiger partial charge in [-0.1, -0.05) is 54.6 Å². The maximum atomic E-state index is 12.3. The van der Waals surface area contributed by atoms with Crippen molar-refractivity contribution in [2.24, 2.45) is 0 Å². The summed E-state index contributed by atoms with van der Waals surface area (Å²) in [6.45, 7) is 5.43. The van der Waals surface area contributed by atoms with Crippen molar-refractivity contribution < 1.29 is 4.79 Å². The molecule has 1 aromatic heterocycles. The molecule has 0 aliphatic heterocycles. The van der Waals surface area contributed by atoms with E-state index in [2.05, 4.69) is 39.7 Å². The van der Waals surface area contributed by atoms with Crippen LogP contribution >= 0.6 is 0 Å². The molecule has 1 atom stereocenters. The Hall–Kier alpha value is -3.21. The first kappa shape index (κ1) is 19.5. The molecule has 0 fully saturated rings. The molecule has 0 saturated heterocycles. The third-order valence-electron chi connectivity index (χ3n) is 4.49. The Morgan fingerprint density at radius 1 is 0.857 bits per heavy atom. The van der Waals surface area contributed by atoms with Crippen LogP contribution in [0.4, 0.5) is 5.95 Å². The summed E-state index contributed by atoms with van der Waals surface area (Å²) in [5.74, 6) is 0.163. The quantitative estimate of drug-likeness (QED) is 0.555.